The maximum absolute atomic E-state index is 13.7. The molecular weight excluding hydrogens is 397 g/mol. The lowest BCUT2D eigenvalue weighted by molar-refractivity contribution is -0.123. The van der Waals surface area contributed by atoms with Crippen LogP contribution >= 0.6 is 11.8 Å². The molecule has 0 aromatic heterocycles. The predicted octanol–water partition coefficient (Wildman–Crippen LogP) is 5.20. The lowest BCUT2D eigenvalue weighted by Crippen LogP contribution is -2.56. The van der Waals surface area contributed by atoms with Gasteiger partial charge in [-0.25, -0.2) is 22.0 Å². The minimum atomic E-state index is -2.20. The van der Waals surface area contributed by atoms with Crippen LogP contribution in [0.25, 0.3) is 0 Å². The largest absolute Gasteiger partial charge is 0.352 e. The molecule has 4 fully saturated rings. The van der Waals surface area contributed by atoms with Crippen LogP contribution in [-0.4, -0.2) is 17.7 Å². The van der Waals surface area contributed by atoms with Crippen molar-refractivity contribution in [2.75, 3.05) is 5.75 Å². The Morgan fingerprint density at radius 2 is 1.36 bits per heavy atom. The number of hydrogen-bond donors (Lipinski definition) is 1. The summed E-state index contributed by atoms with van der Waals surface area (Å²) in [6.45, 7) is 1.97. The fraction of sp³-hybridized carbons (Fsp3) is 0.650. The van der Waals surface area contributed by atoms with Crippen LogP contribution in [0.2, 0.25) is 0 Å². The van der Waals surface area contributed by atoms with Crippen molar-refractivity contribution in [3.8, 4) is 0 Å². The Balaban J connectivity index is 1.41. The molecular formula is C20H22F5NOS. The molecule has 1 amide bonds. The van der Waals surface area contributed by atoms with E-state index in [0.29, 0.717) is 29.5 Å². The molecule has 28 heavy (non-hydrogen) atoms. The first kappa shape index (κ1) is 20.0. The number of amides is 1. The monoisotopic (exact) mass is 419 g/mol. The van der Waals surface area contributed by atoms with Crippen molar-refractivity contribution in [3.05, 3.63) is 29.1 Å². The van der Waals surface area contributed by atoms with E-state index in [1.807, 2.05) is 6.92 Å². The molecule has 1 atom stereocenters. The lowest BCUT2D eigenvalue weighted by Gasteiger charge is -2.59. The normalized spacial score (nSPS) is 31.9. The Kier molecular flexibility index (Phi) is 5.13. The Labute approximate surface area is 164 Å². The predicted molar refractivity (Wildman–Crippen MR) is 95.2 cm³/mol. The standard InChI is InChI=1S/C20H22F5NOS/c1-9(20-5-10-2-11(6-20)4-12(3-10)7-20)26-13(27)8-28-19-17(24)15(22)14(21)16(23)18(19)25/h9-12H,2-8H2,1H3,(H,26,27)/t9-,10?,11?,12?,20?/m1/s1. The molecule has 4 aliphatic carbocycles. The third-order valence-electron chi connectivity index (χ3n) is 6.90. The second-order valence-electron chi connectivity index (χ2n) is 8.76. The molecule has 0 heterocycles. The highest BCUT2D eigenvalue weighted by molar-refractivity contribution is 8.00. The molecule has 2 nitrogen and oxygen atoms in total. The second kappa shape index (κ2) is 7.18. The summed E-state index contributed by atoms with van der Waals surface area (Å²) in [5.74, 6) is -8.71. The number of thioether (sulfide) groups is 1. The van der Waals surface area contributed by atoms with E-state index < -0.39 is 45.6 Å². The van der Waals surface area contributed by atoms with Gasteiger partial charge in [0.15, 0.2) is 23.3 Å². The van der Waals surface area contributed by atoms with Gasteiger partial charge in [0.2, 0.25) is 11.7 Å². The molecule has 1 aromatic carbocycles. The first-order chi connectivity index (χ1) is 13.2. The second-order valence-corrected chi connectivity index (χ2v) is 9.74. The molecule has 5 rings (SSSR count). The van der Waals surface area contributed by atoms with Gasteiger partial charge < -0.3 is 5.32 Å². The van der Waals surface area contributed by atoms with Gasteiger partial charge in [-0.15, -0.1) is 11.8 Å². The van der Waals surface area contributed by atoms with Crippen LogP contribution in [0, 0.1) is 52.3 Å². The van der Waals surface area contributed by atoms with E-state index in [-0.39, 0.29) is 11.5 Å². The van der Waals surface area contributed by atoms with Gasteiger partial charge in [-0.3, -0.25) is 4.79 Å². The summed E-state index contributed by atoms with van der Waals surface area (Å²) < 4.78 is 67.2. The molecule has 0 unspecified atom stereocenters. The fourth-order valence-electron chi connectivity index (χ4n) is 5.99. The number of nitrogens with one attached hydrogen (secondary N) is 1. The summed E-state index contributed by atoms with van der Waals surface area (Å²) in [5.41, 5.74) is 0.0691. The van der Waals surface area contributed by atoms with Gasteiger partial charge in [-0.2, -0.15) is 0 Å². The van der Waals surface area contributed by atoms with E-state index in [9.17, 15) is 26.7 Å². The molecule has 4 bridgehead atoms. The zero-order chi connectivity index (χ0) is 20.2. The van der Waals surface area contributed by atoms with Crippen molar-refractivity contribution in [2.24, 2.45) is 23.2 Å². The fourth-order valence-corrected chi connectivity index (χ4v) is 6.78. The summed E-state index contributed by atoms with van der Waals surface area (Å²) in [6.07, 6.45) is 7.09. The number of hydrogen-bond acceptors (Lipinski definition) is 2. The first-order valence-corrected chi connectivity index (χ1v) is 10.6. The summed E-state index contributed by atoms with van der Waals surface area (Å²) in [6, 6.07) is -0.0783. The van der Waals surface area contributed by atoms with Gasteiger partial charge in [0.05, 0.1) is 10.6 Å². The minimum Gasteiger partial charge on any atom is -0.352 e. The van der Waals surface area contributed by atoms with E-state index in [1.54, 1.807) is 0 Å². The summed E-state index contributed by atoms with van der Waals surface area (Å²) in [4.78, 5) is 11.3. The van der Waals surface area contributed by atoms with E-state index in [4.69, 9.17) is 0 Å². The van der Waals surface area contributed by atoms with E-state index in [0.717, 1.165) is 19.3 Å². The summed E-state index contributed by atoms with van der Waals surface area (Å²) in [5, 5.41) is 2.92. The van der Waals surface area contributed by atoms with Crippen molar-refractivity contribution in [1.82, 2.24) is 5.32 Å². The van der Waals surface area contributed by atoms with Gasteiger partial charge in [-0.1, -0.05) is 0 Å². The zero-order valence-corrected chi connectivity index (χ0v) is 16.3. The van der Waals surface area contributed by atoms with Crippen LogP contribution in [0.5, 0.6) is 0 Å². The smallest absolute Gasteiger partial charge is 0.230 e. The molecule has 8 heteroatoms. The van der Waals surface area contributed by atoms with Gasteiger partial charge >= 0.3 is 0 Å². The molecule has 4 saturated carbocycles. The number of benzene rings is 1. The Morgan fingerprint density at radius 1 is 0.929 bits per heavy atom. The Morgan fingerprint density at radius 3 is 1.82 bits per heavy atom. The quantitative estimate of drug-likeness (QED) is 0.308. The lowest BCUT2D eigenvalue weighted by atomic mass is 9.48. The zero-order valence-electron chi connectivity index (χ0n) is 15.5. The maximum atomic E-state index is 13.7. The van der Waals surface area contributed by atoms with Crippen molar-refractivity contribution in [1.29, 1.82) is 0 Å². The first-order valence-electron chi connectivity index (χ1n) is 9.63. The van der Waals surface area contributed by atoms with Crippen molar-refractivity contribution in [2.45, 2.75) is 56.4 Å². The Bertz CT molecular complexity index is 750. The van der Waals surface area contributed by atoms with Crippen molar-refractivity contribution < 1.29 is 26.7 Å². The van der Waals surface area contributed by atoms with E-state index in [1.165, 1.54) is 19.3 Å². The molecule has 0 aliphatic heterocycles. The van der Waals surface area contributed by atoms with Crippen molar-refractivity contribution >= 4 is 17.7 Å². The van der Waals surface area contributed by atoms with Gasteiger partial charge in [0.1, 0.15) is 0 Å². The molecule has 0 saturated heterocycles. The average molecular weight is 419 g/mol. The highest BCUT2D eigenvalue weighted by atomic mass is 32.2. The summed E-state index contributed by atoms with van der Waals surface area (Å²) >= 11 is 0.329. The van der Waals surface area contributed by atoms with E-state index >= 15 is 0 Å². The number of carbonyl (C=O) groups is 1. The van der Waals surface area contributed by atoms with Gasteiger partial charge in [-0.05, 0) is 68.6 Å². The third kappa shape index (κ3) is 3.31. The van der Waals surface area contributed by atoms with Crippen LogP contribution < -0.4 is 5.32 Å². The van der Waals surface area contributed by atoms with Crippen LogP contribution in [0.3, 0.4) is 0 Å². The minimum absolute atomic E-state index is 0.0691. The van der Waals surface area contributed by atoms with Crippen LogP contribution in [-0.2, 0) is 4.79 Å². The molecule has 0 spiro atoms. The van der Waals surface area contributed by atoms with E-state index in [2.05, 4.69) is 5.32 Å². The molecule has 1 aromatic rings. The number of rotatable bonds is 5. The highest BCUT2D eigenvalue weighted by Crippen LogP contribution is 2.61. The molecule has 4 aliphatic rings. The van der Waals surface area contributed by atoms with Gasteiger partial charge in [0, 0.05) is 6.04 Å². The van der Waals surface area contributed by atoms with Crippen LogP contribution in [0.4, 0.5) is 22.0 Å². The third-order valence-corrected chi connectivity index (χ3v) is 7.95. The molecule has 0 radical (unpaired) electrons. The van der Waals surface area contributed by atoms with Gasteiger partial charge in [0.25, 0.3) is 0 Å². The molecule has 154 valence electrons. The number of carbonyl (C=O) groups excluding carboxylic acids is 1. The highest BCUT2D eigenvalue weighted by Gasteiger charge is 2.53. The topological polar surface area (TPSA) is 29.1 Å². The van der Waals surface area contributed by atoms with Crippen molar-refractivity contribution in [3.63, 3.8) is 0 Å². The van der Waals surface area contributed by atoms with Crippen LogP contribution in [0.1, 0.15) is 45.4 Å². The molecule has 1 N–H and O–H groups in total. The van der Waals surface area contributed by atoms with Crippen LogP contribution in [0.15, 0.2) is 4.90 Å². The summed E-state index contributed by atoms with van der Waals surface area (Å²) in [7, 11) is 0. The maximum Gasteiger partial charge on any atom is 0.230 e. The Hall–Kier alpha value is -1.31. The number of halogens is 5. The average Bonchev–Trinajstić information content (AvgIpc) is 2.63. The SMILES string of the molecule is C[C@@H](NC(=O)CSc1c(F)c(F)c(F)c(F)c1F)C12CC3CC(CC(C3)C1)C2.